The Morgan fingerprint density at radius 2 is 1.76 bits per heavy atom. The standard InChI is InChI=1S/C26H22ClF2NO4/c1-26(12-16-2-6-20(28)7-3-16)13-19-11-18(5-9-23(19)34-26)25(33)30(15-24(31)32)14-17-4-8-22(29)21(27)10-17/h2-11H,12-15H2,1H3,(H,31,32)/t26-/m0/s1. The topological polar surface area (TPSA) is 66.8 Å². The third-order valence-corrected chi connectivity index (χ3v) is 5.98. The van der Waals surface area contributed by atoms with Crippen LogP contribution in [0.4, 0.5) is 8.78 Å². The van der Waals surface area contributed by atoms with Crippen LogP contribution in [0.5, 0.6) is 5.75 Å². The molecule has 1 amide bonds. The summed E-state index contributed by atoms with van der Waals surface area (Å²) in [5.41, 5.74) is 2.03. The molecule has 1 atom stereocenters. The zero-order valence-electron chi connectivity index (χ0n) is 18.4. The molecule has 0 bridgehead atoms. The zero-order chi connectivity index (χ0) is 24.5. The van der Waals surface area contributed by atoms with Crippen molar-refractivity contribution in [2.45, 2.75) is 31.9 Å². The number of benzene rings is 3. The van der Waals surface area contributed by atoms with E-state index in [1.165, 1.54) is 35.2 Å². The Hall–Kier alpha value is -3.45. The highest BCUT2D eigenvalue weighted by atomic mass is 35.5. The quantitative estimate of drug-likeness (QED) is 0.494. The molecule has 1 heterocycles. The van der Waals surface area contributed by atoms with Crippen LogP contribution in [-0.2, 0) is 24.2 Å². The van der Waals surface area contributed by atoms with Gasteiger partial charge in [0.25, 0.3) is 5.91 Å². The average Bonchev–Trinajstić information content (AvgIpc) is 3.11. The molecule has 3 aromatic carbocycles. The van der Waals surface area contributed by atoms with Gasteiger partial charge in [0.2, 0.25) is 0 Å². The first kappa shape index (κ1) is 23.7. The number of rotatable bonds is 7. The molecule has 1 aliphatic heterocycles. The van der Waals surface area contributed by atoms with Gasteiger partial charge >= 0.3 is 5.97 Å². The number of carbonyl (C=O) groups excluding carboxylic acids is 1. The molecular weight excluding hydrogens is 464 g/mol. The Balaban J connectivity index is 1.53. The predicted octanol–water partition coefficient (Wildman–Crippen LogP) is 5.28. The van der Waals surface area contributed by atoms with E-state index in [0.717, 1.165) is 11.1 Å². The number of amides is 1. The minimum Gasteiger partial charge on any atom is -0.487 e. The largest absolute Gasteiger partial charge is 0.487 e. The summed E-state index contributed by atoms with van der Waals surface area (Å²) in [6, 6.07) is 15.3. The van der Waals surface area contributed by atoms with Gasteiger partial charge in [-0.1, -0.05) is 29.8 Å². The molecule has 5 nitrogen and oxygen atoms in total. The number of nitrogens with zero attached hydrogens (tertiary/aromatic N) is 1. The number of hydrogen-bond acceptors (Lipinski definition) is 3. The number of carboxylic acid groups (broad SMARTS) is 1. The maximum atomic E-state index is 13.5. The molecule has 0 aromatic heterocycles. The molecule has 0 radical (unpaired) electrons. The molecule has 3 aromatic rings. The number of aliphatic carboxylic acids is 1. The lowest BCUT2D eigenvalue weighted by atomic mass is 9.91. The first-order chi connectivity index (χ1) is 16.1. The van der Waals surface area contributed by atoms with Crippen LogP contribution < -0.4 is 4.74 Å². The molecule has 34 heavy (non-hydrogen) atoms. The van der Waals surface area contributed by atoms with Crippen molar-refractivity contribution >= 4 is 23.5 Å². The van der Waals surface area contributed by atoms with Crippen molar-refractivity contribution in [3.8, 4) is 5.75 Å². The number of hydrogen-bond donors (Lipinski definition) is 1. The Kier molecular flexibility index (Phi) is 6.57. The van der Waals surface area contributed by atoms with E-state index < -0.39 is 29.8 Å². The van der Waals surface area contributed by atoms with E-state index in [2.05, 4.69) is 0 Å². The predicted molar refractivity (Wildman–Crippen MR) is 123 cm³/mol. The van der Waals surface area contributed by atoms with Crippen LogP contribution in [0.2, 0.25) is 5.02 Å². The van der Waals surface area contributed by atoms with Crippen molar-refractivity contribution in [1.82, 2.24) is 4.90 Å². The zero-order valence-corrected chi connectivity index (χ0v) is 19.1. The maximum absolute atomic E-state index is 13.5. The van der Waals surface area contributed by atoms with Gasteiger partial charge in [0.05, 0.1) is 5.02 Å². The summed E-state index contributed by atoms with van der Waals surface area (Å²) in [5.74, 6) is -1.89. The first-order valence-corrected chi connectivity index (χ1v) is 11.0. The Morgan fingerprint density at radius 1 is 1.06 bits per heavy atom. The lowest BCUT2D eigenvalue weighted by molar-refractivity contribution is -0.137. The smallest absolute Gasteiger partial charge is 0.323 e. The van der Waals surface area contributed by atoms with Crippen LogP contribution in [0, 0.1) is 11.6 Å². The molecule has 0 saturated carbocycles. The molecular formula is C26H22ClF2NO4. The number of carboxylic acids is 1. The van der Waals surface area contributed by atoms with E-state index in [0.29, 0.717) is 29.7 Å². The summed E-state index contributed by atoms with van der Waals surface area (Å²) >= 11 is 5.83. The highest BCUT2D eigenvalue weighted by Crippen LogP contribution is 2.37. The molecule has 0 spiro atoms. The minimum atomic E-state index is -1.17. The van der Waals surface area contributed by atoms with Gasteiger partial charge < -0.3 is 14.7 Å². The normalized spacial score (nSPS) is 16.6. The van der Waals surface area contributed by atoms with Crippen LogP contribution >= 0.6 is 11.6 Å². The average molecular weight is 486 g/mol. The summed E-state index contributed by atoms with van der Waals surface area (Å²) < 4.78 is 32.8. The van der Waals surface area contributed by atoms with Crippen LogP contribution in [0.15, 0.2) is 60.7 Å². The van der Waals surface area contributed by atoms with Gasteiger partial charge in [-0.2, -0.15) is 0 Å². The van der Waals surface area contributed by atoms with Crippen LogP contribution in [0.1, 0.15) is 34.0 Å². The van der Waals surface area contributed by atoms with Gasteiger partial charge in [0.1, 0.15) is 29.5 Å². The summed E-state index contributed by atoms with van der Waals surface area (Å²) in [6.45, 7) is 1.39. The van der Waals surface area contributed by atoms with Gasteiger partial charge in [-0.25, -0.2) is 8.78 Å². The van der Waals surface area contributed by atoms with Gasteiger partial charge in [-0.05, 0) is 66.1 Å². The molecule has 0 aliphatic carbocycles. The number of fused-ring (bicyclic) bond motifs is 1. The van der Waals surface area contributed by atoms with E-state index in [1.54, 1.807) is 30.3 Å². The van der Waals surface area contributed by atoms with E-state index in [9.17, 15) is 23.5 Å². The fourth-order valence-electron chi connectivity index (χ4n) is 4.19. The fraction of sp³-hybridized carbons (Fsp3) is 0.231. The van der Waals surface area contributed by atoms with Crippen molar-refractivity contribution in [3.05, 3.63) is 99.6 Å². The summed E-state index contributed by atoms with van der Waals surface area (Å²) in [7, 11) is 0. The Morgan fingerprint density at radius 3 is 2.44 bits per heavy atom. The number of carbonyl (C=O) groups is 2. The Labute approximate surface area is 200 Å². The molecule has 1 aliphatic rings. The van der Waals surface area contributed by atoms with Crippen LogP contribution in [-0.4, -0.2) is 34.0 Å². The second kappa shape index (κ2) is 9.43. The summed E-state index contributed by atoms with van der Waals surface area (Å²) in [5, 5.41) is 9.21. The number of halogens is 3. The van der Waals surface area contributed by atoms with Crippen molar-refractivity contribution in [2.75, 3.05) is 6.54 Å². The Bertz CT molecular complexity index is 1250. The molecule has 176 valence electrons. The van der Waals surface area contributed by atoms with Crippen molar-refractivity contribution in [3.63, 3.8) is 0 Å². The van der Waals surface area contributed by atoms with Gasteiger partial charge in [-0.3, -0.25) is 9.59 Å². The van der Waals surface area contributed by atoms with E-state index in [1.807, 2.05) is 6.92 Å². The van der Waals surface area contributed by atoms with Crippen molar-refractivity contribution in [1.29, 1.82) is 0 Å². The first-order valence-electron chi connectivity index (χ1n) is 10.6. The van der Waals surface area contributed by atoms with Crippen molar-refractivity contribution in [2.24, 2.45) is 0 Å². The fourth-order valence-corrected chi connectivity index (χ4v) is 4.39. The lowest BCUT2D eigenvalue weighted by Crippen LogP contribution is -2.35. The molecule has 0 fully saturated rings. The third kappa shape index (κ3) is 5.37. The SMILES string of the molecule is C[C@]1(Cc2ccc(F)cc2)Cc2cc(C(=O)N(CC(=O)O)Cc3ccc(F)c(Cl)c3)ccc2O1. The third-order valence-electron chi connectivity index (χ3n) is 5.69. The van der Waals surface area contributed by atoms with Gasteiger partial charge in [-0.15, -0.1) is 0 Å². The van der Waals surface area contributed by atoms with Crippen LogP contribution in [0.25, 0.3) is 0 Å². The number of ether oxygens (including phenoxy) is 1. The summed E-state index contributed by atoms with van der Waals surface area (Å²) in [4.78, 5) is 25.8. The molecule has 0 unspecified atom stereocenters. The van der Waals surface area contributed by atoms with E-state index in [4.69, 9.17) is 16.3 Å². The van der Waals surface area contributed by atoms with Crippen molar-refractivity contribution < 1.29 is 28.2 Å². The monoisotopic (exact) mass is 485 g/mol. The minimum absolute atomic E-state index is 0.0407. The highest BCUT2D eigenvalue weighted by Gasteiger charge is 2.35. The lowest BCUT2D eigenvalue weighted by Gasteiger charge is -2.24. The second-order valence-corrected chi connectivity index (χ2v) is 9.07. The molecule has 0 saturated heterocycles. The van der Waals surface area contributed by atoms with E-state index in [-0.39, 0.29) is 17.4 Å². The van der Waals surface area contributed by atoms with E-state index >= 15 is 0 Å². The molecule has 1 N–H and O–H groups in total. The van der Waals surface area contributed by atoms with Gasteiger partial charge in [0.15, 0.2) is 0 Å². The summed E-state index contributed by atoms with van der Waals surface area (Å²) in [6.07, 6.45) is 1.09. The molecule has 4 rings (SSSR count). The second-order valence-electron chi connectivity index (χ2n) is 8.66. The highest BCUT2D eigenvalue weighted by molar-refractivity contribution is 6.30. The maximum Gasteiger partial charge on any atom is 0.323 e. The van der Waals surface area contributed by atoms with Crippen LogP contribution in [0.3, 0.4) is 0 Å². The van der Waals surface area contributed by atoms with Gasteiger partial charge in [0, 0.05) is 24.9 Å². The molecule has 8 heteroatoms.